The summed E-state index contributed by atoms with van der Waals surface area (Å²) in [6, 6.07) is 0. The van der Waals surface area contributed by atoms with Crippen LogP contribution in [-0.2, 0) is 9.53 Å². The Morgan fingerprint density at radius 3 is 2.46 bits per heavy atom. The molecule has 2 nitrogen and oxygen atoms in total. The van der Waals surface area contributed by atoms with Gasteiger partial charge in [-0.05, 0) is 49.9 Å². The lowest BCUT2D eigenvalue weighted by molar-refractivity contribution is -0.145. The Hall–Kier alpha value is -0.530. The standard InChI is InChI=1S/C11H16O2/c1-2-13-11(12)10-8-6-3-4-7(5-6)9(8)10/h6-10H,2-5H2,1H3/t6-,7+,8?,9?,10?. The van der Waals surface area contributed by atoms with Crippen LogP contribution in [0.1, 0.15) is 26.2 Å². The monoisotopic (exact) mass is 180 g/mol. The summed E-state index contributed by atoms with van der Waals surface area (Å²) in [6.45, 7) is 2.44. The van der Waals surface area contributed by atoms with E-state index >= 15 is 0 Å². The Bertz CT molecular complexity index is 232. The van der Waals surface area contributed by atoms with Crippen molar-refractivity contribution in [2.45, 2.75) is 26.2 Å². The average molecular weight is 180 g/mol. The lowest BCUT2D eigenvalue weighted by Gasteiger charge is -2.07. The van der Waals surface area contributed by atoms with E-state index in [-0.39, 0.29) is 5.97 Å². The summed E-state index contributed by atoms with van der Waals surface area (Å²) in [5.74, 6) is 3.63. The summed E-state index contributed by atoms with van der Waals surface area (Å²) in [6.07, 6.45) is 4.16. The first-order valence-electron chi connectivity index (χ1n) is 5.49. The van der Waals surface area contributed by atoms with Crippen molar-refractivity contribution in [1.29, 1.82) is 0 Å². The van der Waals surface area contributed by atoms with E-state index in [1.165, 1.54) is 19.3 Å². The van der Waals surface area contributed by atoms with Crippen molar-refractivity contribution in [3.63, 3.8) is 0 Å². The van der Waals surface area contributed by atoms with Gasteiger partial charge in [-0.15, -0.1) is 0 Å². The van der Waals surface area contributed by atoms with Crippen LogP contribution in [0, 0.1) is 29.6 Å². The average Bonchev–Trinajstić information content (AvgIpc) is 2.57. The number of hydrogen-bond donors (Lipinski definition) is 0. The molecule has 0 radical (unpaired) electrons. The van der Waals surface area contributed by atoms with Gasteiger partial charge in [0.2, 0.25) is 0 Å². The Morgan fingerprint density at radius 1 is 1.31 bits per heavy atom. The zero-order valence-corrected chi connectivity index (χ0v) is 8.03. The topological polar surface area (TPSA) is 26.3 Å². The van der Waals surface area contributed by atoms with Crippen LogP contribution >= 0.6 is 0 Å². The molecule has 0 amide bonds. The van der Waals surface area contributed by atoms with E-state index in [1.807, 2.05) is 6.92 Å². The number of carbonyl (C=O) groups excluding carboxylic acids is 1. The molecule has 3 rings (SSSR count). The van der Waals surface area contributed by atoms with Crippen LogP contribution < -0.4 is 0 Å². The third-order valence-corrected chi connectivity index (χ3v) is 4.29. The van der Waals surface area contributed by atoms with Gasteiger partial charge in [0.05, 0.1) is 12.5 Å². The molecule has 0 aromatic rings. The maximum atomic E-state index is 11.5. The van der Waals surface area contributed by atoms with E-state index in [2.05, 4.69) is 0 Å². The van der Waals surface area contributed by atoms with Crippen molar-refractivity contribution >= 4 is 5.97 Å². The first kappa shape index (κ1) is 7.84. The smallest absolute Gasteiger partial charge is 0.309 e. The molecule has 13 heavy (non-hydrogen) atoms. The lowest BCUT2D eigenvalue weighted by atomic mass is 10.0. The molecule has 0 aromatic carbocycles. The molecule has 3 unspecified atom stereocenters. The lowest BCUT2D eigenvalue weighted by Crippen LogP contribution is -2.12. The van der Waals surface area contributed by atoms with Crippen LogP contribution in [0.4, 0.5) is 0 Å². The van der Waals surface area contributed by atoms with Gasteiger partial charge in [-0.25, -0.2) is 0 Å². The largest absolute Gasteiger partial charge is 0.466 e. The van der Waals surface area contributed by atoms with Crippen molar-refractivity contribution in [3.05, 3.63) is 0 Å². The fourth-order valence-corrected chi connectivity index (χ4v) is 3.88. The first-order chi connectivity index (χ1) is 6.33. The Kier molecular flexibility index (Phi) is 1.50. The maximum Gasteiger partial charge on any atom is 0.309 e. The van der Waals surface area contributed by atoms with Gasteiger partial charge in [0.1, 0.15) is 0 Å². The fourth-order valence-electron chi connectivity index (χ4n) is 3.88. The number of esters is 1. The number of carbonyl (C=O) groups is 1. The van der Waals surface area contributed by atoms with E-state index in [4.69, 9.17) is 4.74 Å². The number of ether oxygens (including phenoxy) is 1. The van der Waals surface area contributed by atoms with Crippen molar-refractivity contribution in [1.82, 2.24) is 0 Å². The molecule has 0 aliphatic heterocycles. The van der Waals surface area contributed by atoms with E-state index < -0.39 is 0 Å². The predicted octanol–water partition coefficient (Wildman–Crippen LogP) is 1.84. The van der Waals surface area contributed by atoms with Crippen LogP contribution in [0.5, 0.6) is 0 Å². The second-order valence-corrected chi connectivity index (χ2v) is 4.77. The Morgan fingerprint density at radius 2 is 1.92 bits per heavy atom. The minimum absolute atomic E-state index is 0.0918. The Balaban J connectivity index is 1.69. The van der Waals surface area contributed by atoms with Crippen LogP contribution in [0.25, 0.3) is 0 Å². The summed E-state index contributed by atoms with van der Waals surface area (Å²) >= 11 is 0. The van der Waals surface area contributed by atoms with Crippen molar-refractivity contribution < 1.29 is 9.53 Å². The molecule has 2 bridgehead atoms. The maximum absolute atomic E-state index is 11.5. The highest BCUT2D eigenvalue weighted by Gasteiger charge is 2.68. The zero-order chi connectivity index (χ0) is 9.00. The molecule has 0 N–H and O–H groups in total. The van der Waals surface area contributed by atoms with Crippen molar-refractivity contribution in [2.24, 2.45) is 29.6 Å². The summed E-state index contributed by atoms with van der Waals surface area (Å²) in [5, 5.41) is 0. The second-order valence-electron chi connectivity index (χ2n) is 4.77. The molecule has 0 heterocycles. The number of fused-ring (bicyclic) bond motifs is 5. The number of hydrogen-bond acceptors (Lipinski definition) is 2. The van der Waals surface area contributed by atoms with Gasteiger partial charge in [-0.3, -0.25) is 4.79 Å². The van der Waals surface area contributed by atoms with Gasteiger partial charge in [-0.1, -0.05) is 0 Å². The van der Waals surface area contributed by atoms with Crippen molar-refractivity contribution in [2.75, 3.05) is 6.61 Å². The Labute approximate surface area is 78.6 Å². The van der Waals surface area contributed by atoms with Gasteiger partial charge >= 0.3 is 5.97 Å². The summed E-state index contributed by atoms with van der Waals surface area (Å²) in [5.41, 5.74) is 0. The zero-order valence-electron chi connectivity index (χ0n) is 8.03. The van der Waals surface area contributed by atoms with Gasteiger partial charge in [0, 0.05) is 0 Å². The van der Waals surface area contributed by atoms with Crippen molar-refractivity contribution in [3.8, 4) is 0 Å². The SMILES string of the molecule is CCOC(=O)C1C2C1[C@H]1CC[C@@H]2C1. The van der Waals surface area contributed by atoms with E-state index in [9.17, 15) is 4.79 Å². The van der Waals surface area contributed by atoms with E-state index in [0.29, 0.717) is 12.5 Å². The molecular weight excluding hydrogens is 164 g/mol. The molecule has 5 atom stereocenters. The molecule has 0 spiro atoms. The predicted molar refractivity (Wildman–Crippen MR) is 47.9 cm³/mol. The third kappa shape index (κ3) is 0.918. The summed E-state index contributed by atoms with van der Waals surface area (Å²) in [7, 11) is 0. The molecular formula is C11H16O2. The minimum Gasteiger partial charge on any atom is -0.466 e. The highest BCUT2D eigenvalue weighted by Crippen LogP contribution is 2.69. The molecule has 0 saturated heterocycles. The van der Waals surface area contributed by atoms with Crippen LogP contribution in [-0.4, -0.2) is 12.6 Å². The minimum atomic E-state index is 0.0918. The normalized spacial score (nSPS) is 50.4. The van der Waals surface area contributed by atoms with E-state index in [0.717, 1.165) is 23.7 Å². The molecule has 0 aromatic heterocycles. The van der Waals surface area contributed by atoms with Gasteiger partial charge in [0.25, 0.3) is 0 Å². The first-order valence-corrected chi connectivity index (χ1v) is 5.49. The van der Waals surface area contributed by atoms with Gasteiger partial charge < -0.3 is 4.74 Å². The van der Waals surface area contributed by atoms with Crippen LogP contribution in [0.15, 0.2) is 0 Å². The summed E-state index contributed by atoms with van der Waals surface area (Å²) < 4.78 is 5.09. The molecule has 72 valence electrons. The molecule has 2 heteroatoms. The van der Waals surface area contributed by atoms with Crippen LogP contribution in [0.2, 0.25) is 0 Å². The molecule has 3 saturated carbocycles. The highest BCUT2D eigenvalue weighted by molar-refractivity contribution is 5.77. The molecule has 3 fully saturated rings. The van der Waals surface area contributed by atoms with E-state index in [1.54, 1.807) is 0 Å². The van der Waals surface area contributed by atoms with Gasteiger partial charge in [-0.2, -0.15) is 0 Å². The number of rotatable bonds is 2. The molecule has 3 aliphatic carbocycles. The van der Waals surface area contributed by atoms with Crippen LogP contribution in [0.3, 0.4) is 0 Å². The second kappa shape index (κ2) is 2.49. The summed E-state index contributed by atoms with van der Waals surface area (Å²) in [4.78, 5) is 11.5. The quantitative estimate of drug-likeness (QED) is 0.606. The molecule has 3 aliphatic rings. The third-order valence-electron chi connectivity index (χ3n) is 4.29. The fraction of sp³-hybridized carbons (Fsp3) is 0.909. The highest BCUT2D eigenvalue weighted by atomic mass is 16.5. The van der Waals surface area contributed by atoms with Gasteiger partial charge in [0.15, 0.2) is 0 Å².